The number of hydrogen-bond donors (Lipinski definition) is 1. The fourth-order valence-corrected chi connectivity index (χ4v) is 3.88. The Labute approximate surface area is 130 Å². The number of fused-ring (bicyclic) bond motifs is 1. The first-order chi connectivity index (χ1) is 10.4. The standard InChI is InChI=1S/C14H17NO6S/c1-3-22(20)10-7-9-8(5-4-6-11(16)21-2)13(17)15(9)12(10)14(18)19/h4,6,8-9H,3,5,7H2,1-2H3,(H,18,19)/b6-4+. The van der Waals surface area contributed by atoms with Crippen molar-refractivity contribution in [2.24, 2.45) is 5.92 Å². The number of amides is 1. The minimum Gasteiger partial charge on any atom is -0.477 e. The molecule has 8 heteroatoms. The Morgan fingerprint density at radius 1 is 1.50 bits per heavy atom. The molecule has 0 aromatic carbocycles. The lowest BCUT2D eigenvalue weighted by molar-refractivity contribution is -0.154. The molecule has 2 rings (SSSR count). The molecule has 2 heterocycles. The summed E-state index contributed by atoms with van der Waals surface area (Å²) in [5.41, 5.74) is -0.136. The van der Waals surface area contributed by atoms with Gasteiger partial charge in [-0.05, 0) is 6.42 Å². The van der Waals surface area contributed by atoms with E-state index >= 15 is 0 Å². The summed E-state index contributed by atoms with van der Waals surface area (Å²) in [6.45, 7) is 1.70. The van der Waals surface area contributed by atoms with Gasteiger partial charge in [-0.1, -0.05) is 13.0 Å². The van der Waals surface area contributed by atoms with Crippen molar-refractivity contribution in [1.29, 1.82) is 0 Å². The van der Waals surface area contributed by atoms with Gasteiger partial charge in [-0.3, -0.25) is 9.00 Å². The zero-order valence-electron chi connectivity index (χ0n) is 12.3. The van der Waals surface area contributed by atoms with Crippen LogP contribution in [-0.4, -0.2) is 51.0 Å². The maximum Gasteiger partial charge on any atom is 0.353 e. The molecule has 2 aliphatic heterocycles. The Hall–Kier alpha value is -1.96. The second-order valence-electron chi connectivity index (χ2n) is 4.96. The van der Waals surface area contributed by atoms with E-state index in [4.69, 9.17) is 0 Å². The third-order valence-electron chi connectivity index (χ3n) is 3.84. The molecule has 0 radical (unpaired) electrons. The number of aliphatic carboxylic acids is 1. The van der Waals surface area contributed by atoms with E-state index in [0.29, 0.717) is 23.5 Å². The highest BCUT2D eigenvalue weighted by Gasteiger charge is 2.55. The van der Waals surface area contributed by atoms with Crippen LogP contribution in [0.4, 0.5) is 0 Å². The molecule has 120 valence electrons. The van der Waals surface area contributed by atoms with E-state index in [9.17, 15) is 23.7 Å². The Balaban J connectivity index is 2.13. The molecule has 0 aromatic rings. The SMILES string of the molecule is CCS(=O)C1=C(C(=O)O)N2C(=O)C(C/C=C/C(=O)OC)C2C1. The van der Waals surface area contributed by atoms with Crippen LogP contribution in [0.3, 0.4) is 0 Å². The number of methoxy groups -OCH3 is 1. The zero-order chi connectivity index (χ0) is 16.4. The summed E-state index contributed by atoms with van der Waals surface area (Å²) in [7, 11) is -0.127. The summed E-state index contributed by atoms with van der Waals surface area (Å²) >= 11 is 0. The summed E-state index contributed by atoms with van der Waals surface area (Å²) < 4.78 is 16.4. The van der Waals surface area contributed by atoms with Gasteiger partial charge in [0.1, 0.15) is 5.70 Å². The molecule has 3 unspecified atom stereocenters. The maximum atomic E-state index is 12.1. The fourth-order valence-electron chi connectivity index (χ4n) is 2.77. The Kier molecular flexibility index (Phi) is 4.80. The number of carboxylic acid groups (broad SMARTS) is 1. The van der Waals surface area contributed by atoms with Crippen LogP contribution in [0.1, 0.15) is 19.8 Å². The molecule has 0 bridgehead atoms. The predicted molar refractivity (Wildman–Crippen MR) is 77.9 cm³/mol. The molecule has 1 amide bonds. The lowest BCUT2D eigenvalue weighted by Gasteiger charge is -2.42. The van der Waals surface area contributed by atoms with Gasteiger partial charge in [0.25, 0.3) is 0 Å². The van der Waals surface area contributed by atoms with Gasteiger partial charge in [0.15, 0.2) is 0 Å². The Morgan fingerprint density at radius 2 is 2.18 bits per heavy atom. The summed E-state index contributed by atoms with van der Waals surface area (Å²) in [4.78, 5) is 36.0. The molecule has 0 aromatic heterocycles. The van der Waals surface area contributed by atoms with Crippen molar-refractivity contribution in [3.8, 4) is 0 Å². The number of esters is 1. The first kappa shape index (κ1) is 16.4. The van der Waals surface area contributed by atoms with Gasteiger partial charge >= 0.3 is 11.9 Å². The first-order valence-corrected chi connectivity index (χ1v) is 8.16. The van der Waals surface area contributed by atoms with Gasteiger partial charge in [-0.15, -0.1) is 0 Å². The predicted octanol–water partition coefficient (Wildman–Crippen LogP) is 0.401. The molecule has 3 atom stereocenters. The molecule has 1 saturated heterocycles. The highest BCUT2D eigenvalue weighted by Crippen LogP contribution is 2.44. The number of carbonyl (C=O) groups excluding carboxylic acids is 2. The average molecular weight is 327 g/mol. The van der Waals surface area contributed by atoms with Gasteiger partial charge in [0.2, 0.25) is 5.91 Å². The third kappa shape index (κ3) is 2.70. The smallest absolute Gasteiger partial charge is 0.353 e. The first-order valence-electron chi connectivity index (χ1n) is 6.84. The molecule has 0 aliphatic carbocycles. The number of hydrogen-bond acceptors (Lipinski definition) is 5. The lowest BCUT2D eigenvalue weighted by atomic mass is 9.84. The fraction of sp³-hybridized carbons (Fsp3) is 0.500. The van der Waals surface area contributed by atoms with Gasteiger partial charge < -0.3 is 14.7 Å². The third-order valence-corrected chi connectivity index (χ3v) is 5.27. The maximum absolute atomic E-state index is 12.1. The quantitative estimate of drug-likeness (QED) is 0.430. The van der Waals surface area contributed by atoms with Crippen molar-refractivity contribution in [2.45, 2.75) is 25.8 Å². The van der Waals surface area contributed by atoms with E-state index in [1.54, 1.807) is 13.0 Å². The minimum absolute atomic E-state index is 0.136. The minimum atomic E-state index is -1.39. The van der Waals surface area contributed by atoms with Gasteiger partial charge in [0, 0.05) is 23.2 Å². The van der Waals surface area contributed by atoms with Crippen LogP contribution < -0.4 is 0 Å². The molecule has 0 spiro atoms. The van der Waals surface area contributed by atoms with Crippen molar-refractivity contribution in [3.05, 3.63) is 22.8 Å². The molecular weight excluding hydrogens is 310 g/mol. The monoisotopic (exact) mass is 327 g/mol. The van der Waals surface area contributed by atoms with Crippen LogP contribution in [-0.2, 0) is 29.9 Å². The highest BCUT2D eigenvalue weighted by atomic mass is 32.2. The molecule has 1 N–H and O–H groups in total. The van der Waals surface area contributed by atoms with Crippen LogP contribution in [0.2, 0.25) is 0 Å². The Morgan fingerprint density at radius 3 is 2.73 bits per heavy atom. The second kappa shape index (κ2) is 6.43. The van der Waals surface area contributed by atoms with Crippen molar-refractivity contribution in [3.63, 3.8) is 0 Å². The molecule has 7 nitrogen and oxygen atoms in total. The van der Waals surface area contributed by atoms with E-state index < -0.39 is 22.7 Å². The summed E-state index contributed by atoms with van der Waals surface area (Å²) in [5, 5.41) is 9.27. The number of ether oxygens (including phenoxy) is 1. The van der Waals surface area contributed by atoms with Gasteiger partial charge in [-0.2, -0.15) is 0 Å². The highest BCUT2D eigenvalue weighted by molar-refractivity contribution is 7.89. The Bertz CT molecular complexity index is 608. The molecular formula is C14H17NO6S. The van der Waals surface area contributed by atoms with E-state index in [1.807, 2.05) is 0 Å². The topological polar surface area (TPSA) is 101 Å². The van der Waals surface area contributed by atoms with E-state index in [1.165, 1.54) is 18.1 Å². The molecule has 1 fully saturated rings. The van der Waals surface area contributed by atoms with Crippen molar-refractivity contribution < 1.29 is 28.4 Å². The number of carboxylic acids is 1. The van der Waals surface area contributed by atoms with Crippen LogP contribution >= 0.6 is 0 Å². The van der Waals surface area contributed by atoms with Crippen molar-refractivity contribution >= 4 is 28.6 Å². The second-order valence-corrected chi connectivity index (χ2v) is 6.72. The molecule has 2 aliphatic rings. The van der Waals surface area contributed by atoms with E-state index in [0.717, 1.165) is 0 Å². The largest absolute Gasteiger partial charge is 0.477 e. The lowest BCUT2D eigenvalue weighted by Crippen LogP contribution is -2.58. The van der Waals surface area contributed by atoms with Crippen LogP contribution in [0.25, 0.3) is 0 Å². The molecule has 22 heavy (non-hydrogen) atoms. The van der Waals surface area contributed by atoms with Crippen LogP contribution in [0.5, 0.6) is 0 Å². The van der Waals surface area contributed by atoms with E-state index in [-0.39, 0.29) is 23.6 Å². The van der Waals surface area contributed by atoms with Crippen molar-refractivity contribution in [1.82, 2.24) is 4.90 Å². The van der Waals surface area contributed by atoms with Crippen LogP contribution in [0, 0.1) is 5.92 Å². The number of nitrogens with zero attached hydrogens (tertiary/aromatic N) is 1. The number of rotatable bonds is 6. The summed E-state index contributed by atoms with van der Waals surface area (Å²) in [6.07, 6.45) is 3.42. The van der Waals surface area contributed by atoms with Gasteiger partial charge in [-0.25, -0.2) is 9.59 Å². The van der Waals surface area contributed by atoms with Crippen LogP contribution in [0.15, 0.2) is 22.8 Å². The van der Waals surface area contributed by atoms with Gasteiger partial charge in [0.05, 0.1) is 29.9 Å². The number of allylic oxidation sites excluding steroid dienone is 1. The average Bonchev–Trinajstić information content (AvgIpc) is 2.86. The zero-order valence-corrected chi connectivity index (χ0v) is 13.1. The van der Waals surface area contributed by atoms with E-state index in [2.05, 4.69) is 4.74 Å². The summed E-state index contributed by atoms with van der Waals surface area (Å²) in [5.74, 6) is -2.11. The summed E-state index contributed by atoms with van der Waals surface area (Å²) in [6, 6.07) is -0.286. The van der Waals surface area contributed by atoms with Crippen molar-refractivity contribution in [2.75, 3.05) is 12.9 Å². The number of carbonyl (C=O) groups is 3. The number of β-lactam (4-membered cyclic amide) rings is 1. The molecule has 0 saturated carbocycles. The normalized spacial score (nSPS) is 25.2.